The number of carbonyl (C=O) groups is 1. The maximum atomic E-state index is 14.1. The topological polar surface area (TPSA) is 106 Å². The van der Waals surface area contributed by atoms with Crippen LogP contribution in [0.15, 0.2) is 97.1 Å². The van der Waals surface area contributed by atoms with Gasteiger partial charge in [0.25, 0.3) is 5.91 Å². The number of anilines is 2. The van der Waals surface area contributed by atoms with Gasteiger partial charge in [0.15, 0.2) is 0 Å². The molecule has 6 nitrogen and oxygen atoms in total. The number of nitrogen functional groups attached to an aromatic ring is 1. The number of carbonyl (C=O) groups excluding carboxylic acids is 1. The molecular formula is C29H20N4O2. The number of hydrogen-bond donors (Lipinski definition) is 2. The standard InChI is InChI=1S/C29H20N4O2/c30-17-22-21(18-10-4-1-5-11-18)16-23-24(25(22)31)27(32)33(20-14-8-3-9-15-20)28(34)29(23)26(35-29)19-12-6-2-7-13-19/h1-16,26,32H,31H2/t26?,29-/m1/s1. The molecule has 1 spiro atoms. The number of nitrogens with one attached hydrogen (secondary N) is 1. The van der Waals surface area contributed by atoms with Crippen LogP contribution in [-0.4, -0.2) is 11.7 Å². The molecule has 1 saturated heterocycles. The van der Waals surface area contributed by atoms with Crippen molar-refractivity contribution in [1.82, 2.24) is 0 Å². The molecule has 0 bridgehead atoms. The smallest absolute Gasteiger partial charge is 0.272 e. The van der Waals surface area contributed by atoms with Crippen LogP contribution in [0.3, 0.4) is 0 Å². The predicted molar refractivity (Wildman–Crippen MR) is 134 cm³/mol. The van der Waals surface area contributed by atoms with Crippen LogP contribution in [0.2, 0.25) is 0 Å². The quantitative estimate of drug-likeness (QED) is 0.328. The lowest BCUT2D eigenvalue weighted by atomic mass is 9.79. The van der Waals surface area contributed by atoms with Crippen LogP contribution in [0, 0.1) is 16.7 Å². The van der Waals surface area contributed by atoms with Crippen molar-refractivity contribution < 1.29 is 9.53 Å². The van der Waals surface area contributed by atoms with E-state index in [0.717, 1.165) is 11.1 Å². The zero-order chi connectivity index (χ0) is 24.2. The van der Waals surface area contributed by atoms with Crippen LogP contribution in [0.1, 0.15) is 28.4 Å². The van der Waals surface area contributed by atoms with E-state index >= 15 is 0 Å². The number of ether oxygens (including phenoxy) is 1. The number of rotatable bonds is 3. The molecule has 0 aromatic heterocycles. The number of nitriles is 1. The summed E-state index contributed by atoms with van der Waals surface area (Å²) in [7, 11) is 0. The number of nitrogens with zero attached hydrogens (tertiary/aromatic N) is 2. The van der Waals surface area contributed by atoms with Gasteiger partial charge in [-0.3, -0.25) is 15.1 Å². The minimum atomic E-state index is -1.34. The first-order chi connectivity index (χ1) is 17.1. The van der Waals surface area contributed by atoms with Crippen molar-refractivity contribution in [2.24, 2.45) is 0 Å². The van der Waals surface area contributed by atoms with Gasteiger partial charge >= 0.3 is 0 Å². The van der Waals surface area contributed by atoms with E-state index in [0.29, 0.717) is 22.4 Å². The third-order valence-corrected chi connectivity index (χ3v) is 6.68. The van der Waals surface area contributed by atoms with Gasteiger partial charge in [-0.15, -0.1) is 0 Å². The highest BCUT2D eigenvalue weighted by Crippen LogP contribution is 2.62. The molecule has 3 N–H and O–H groups in total. The summed E-state index contributed by atoms with van der Waals surface area (Å²) in [5, 5.41) is 19.1. The molecular weight excluding hydrogens is 436 g/mol. The zero-order valence-corrected chi connectivity index (χ0v) is 18.6. The van der Waals surface area contributed by atoms with E-state index in [4.69, 9.17) is 15.9 Å². The van der Waals surface area contributed by atoms with Crippen molar-refractivity contribution in [3.8, 4) is 17.2 Å². The minimum absolute atomic E-state index is 0.0715. The molecule has 35 heavy (non-hydrogen) atoms. The molecule has 0 aliphatic carbocycles. The Bertz CT molecular complexity index is 1530. The van der Waals surface area contributed by atoms with E-state index in [9.17, 15) is 10.1 Å². The van der Waals surface area contributed by atoms with Gasteiger partial charge < -0.3 is 10.5 Å². The number of amidine groups is 1. The fourth-order valence-corrected chi connectivity index (χ4v) is 4.99. The molecule has 2 aliphatic rings. The summed E-state index contributed by atoms with van der Waals surface area (Å²) in [5.41, 5.74) is 9.38. The molecule has 6 heteroatoms. The van der Waals surface area contributed by atoms with Gasteiger partial charge in [-0.25, -0.2) is 0 Å². The van der Waals surface area contributed by atoms with Crippen LogP contribution in [0.5, 0.6) is 0 Å². The zero-order valence-electron chi connectivity index (χ0n) is 18.6. The first-order valence-corrected chi connectivity index (χ1v) is 11.2. The summed E-state index contributed by atoms with van der Waals surface area (Å²) in [6.45, 7) is 0. The van der Waals surface area contributed by atoms with Crippen LogP contribution >= 0.6 is 0 Å². The van der Waals surface area contributed by atoms with Crippen molar-refractivity contribution in [2.75, 3.05) is 10.6 Å². The molecule has 4 aromatic carbocycles. The first kappa shape index (κ1) is 20.8. The van der Waals surface area contributed by atoms with Crippen molar-refractivity contribution in [2.45, 2.75) is 11.7 Å². The van der Waals surface area contributed by atoms with E-state index in [1.807, 2.05) is 78.9 Å². The number of para-hydroxylation sites is 1. The molecule has 2 heterocycles. The van der Waals surface area contributed by atoms with Crippen LogP contribution in [-0.2, 0) is 15.1 Å². The van der Waals surface area contributed by atoms with Crippen LogP contribution in [0.25, 0.3) is 11.1 Å². The fraction of sp³-hybridized carbons (Fsp3) is 0.0690. The SMILES string of the molecule is N#Cc1c(-c2ccccc2)cc2c(c1N)C(=N)N(c1ccccc1)C(=O)[C@@]21OC1c1ccccc1. The van der Waals surface area contributed by atoms with Gasteiger partial charge in [0, 0.05) is 16.7 Å². The number of epoxide rings is 1. The molecule has 1 unspecified atom stereocenters. The van der Waals surface area contributed by atoms with Crippen molar-refractivity contribution in [3.63, 3.8) is 0 Å². The van der Waals surface area contributed by atoms with Crippen molar-refractivity contribution in [3.05, 3.63) is 119 Å². The third-order valence-electron chi connectivity index (χ3n) is 6.68. The Morgan fingerprint density at radius 3 is 2.17 bits per heavy atom. The Morgan fingerprint density at radius 2 is 1.54 bits per heavy atom. The van der Waals surface area contributed by atoms with Crippen molar-refractivity contribution in [1.29, 1.82) is 10.7 Å². The third kappa shape index (κ3) is 2.92. The summed E-state index contributed by atoms with van der Waals surface area (Å²) in [4.78, 5) is 15.5. The van der Waals surface area contributed by atoms with E-state index < -0.39 is 11.7 Å². The predicted octanol–water partition coefficient (Wildman–Crippen LogP) is 5.15. The maximum absolute atomic E-state index is 14.1. The van der Waals surface area contributed by atoms with Crippen molar-refractivity contribution >= 4 is 23.1 Å². The van der Waals surface area contributed by atoms with Gasteiger partial charge in [0.2, 0.25) is 5.60 Å². The fourth-order valence-electron chi connectivity index (χ4n) is 4.99. The number of benzene rings is 4. The summed E-state index contributed by atoms with van der Waals surface area (Å²) < 4.78 is 6.26. The largest absolute Gasteiger partial charge is 0.397 e. The maximum Gasteiger partial charge on any atom is 0.272 e. The number of fused-ring (bicyclic) bond motifs is 2. The average molecular weight is 457 g/mol. The Kier molecular flexibility index (Phi) is 4.56. The molecule has 6 rings (SSSR count). The Morgan fingerprint density at radius 1 is 0.943 bits per heavy atom. The molecule has 168 valence electrons. The number of hydrogen-bond acceptors (Lipinski definition) is 5. The number of amides is 1. The second kappa shape index (κ2) is 7.66. The lowest BCUT2D eigenvalue weighted by Gasteiger charge is -2.35. The Balaban J connectivity index is 1.64. The lowest BCUT2D eigenvalue weighted by Crippen LogP contribution is -2.50. The van der Waals surface area contributed by atoms with Gasteiger partial charge in [0.05, 0.1) is 16.9 Å². The van der Waals surface area contributed by atoms with E-state index in [1.165, 1.54) is 4.90 Å². The summed E-state index contributed by atoms with van der Waals surface area (Å²) in [6.07, 6.45) is -0.537. The van der Waals surface area contributed by atoms with Gasteiger partial charge in [-0.1, -0.05) is 78.9 Å². The molecule has 0 saturated carbocycles. The summed E-state index contributed by atoms with van der Waals surface area (Å²) in [5.74, 6) is -0.420. The molecule has 4 aromatic rings. The van der Waals surface area contributed by atoms with E-state index in [-0.39, 0.29) is 23.0 Å². The summed E-state index contributed by atoms with van der Waals surface area (Å²) >= 11 is 0. The van der Waals surface area contributed by atoms with Gasteiger partial charge in [-0.05, 0) is 29.3 Å². The molecule has 1 fully saturated rings. The van der Waals surface area contributed by atoms with E-state index in [2.05, 4.69) is 6.07 Å². The van der Waals surface area contributed by atoms with Crippen LogP contribution < -0.4 is 10.6 Å². The second-order valence-corrected chi connectivity index (χ2v) is 8.58. The van der Waals surface area contributed by atoms with Gasteiger partial charge in [0.1, 0.15) is 18.0 Å². The first-order valence-electron chi connectivity index (χ1n) is 11.2. The van der Waals surface area contributed by atoms with Crippen LogP contribution in [0.4, 0.5) is 11.4 Å². The average Bonchev–Trinajstić information content (AvgIpc) is 3.66. The monoisotopic (exact) mass is 456 g/mol. The highest BCUT2D eigenvalue weighted by Gasteiger charge is 2.69. The highest BCUT2D eigenvalue weighted by atomic mass is 16.6. The molecule has 0 radical (unpaired) electrons. The molecule has 2 atom stereocenters. The molecule has 1 amide bonds. The lowest BCUT2D eigenvalue weighted by molar-refractivity contribution is -0.123. The number of nitrogens with two attached hydrogens (primary N) is 1. The second-order valence-electron chi connectivity index (χ2n) is 8.58. The molecule has 2 aliphatic heterocycles. The Labute approximate surface area is 202 Å². The van der Waals surface area contributed by atoms with Gasteiger partial charge in [-0.2, -0.15) is 5.26 Å². The normalized spacial score (nSPS) is 20.4. The highest BCUT2D eigenvalue weighted by molar-refractivity contribution is 6.30. The Hall–Kier alpha value is -4.73. The minimum Gasteiger partial charge on any atom is -0.397 e. The summed E-state index contributed by atoms with van der Waals surface area (Å²) in [6, 6.07) is 32.0. The van der Waals surface area contributed by atoms with E-state index in [1.54, 1.807) is 18.2 Å².